The van der Waals surface area contributed by atoms with E-state index in [1.54, 1.807) is 21.1 Å². The highest BCUT2D eigenvalue weighted by atomic mass is 19.1. The third kappa shape index (κ3) is 2.39. The summed E-state index contributed by atoms with van der Waals surface area (Å²) in [5.74, 6) is 0.345. The fourth-order valence-electron chi connectivity index (χ4n) is 1.87. The Balaban J connectivity index is 3.35. The number of halogens is 1. The molecule has 0 amide bonds. The number of aromatic nitrogens is 2. The number of nitrogens with zero attached hydrogens (tertiary/aromatic N) is 2. The quantitative estimate of drug-likeness (QED) is 0.860. The molecule has 0 saturated carbocycles. The molecule has 1 heterocycles. The van der Waals surface area contributed by atoms with Crippen molar-refractivity contribution < 1.29 is 9.13 Å². The van der Waals surface area contributed by atoms with E-state index in [4.69, 9.17) is 4.74 Å². The standard InChI is InChI=1S/C12H20FN3O/c1-6-12(7-2,17-5)11-15-8(3)9(13)10(14-4)16-11/h6-7H2,1-5H3,(H,14,15,16). The molecule has 0 aliphatic heterocycles. The summed E-state index contributed by atoms with van der Waals surface area (Å²) in [6.07, 6.45) is 1.49. The normalized spacial score (nSPS) is 11.6. The van der Waals surface area contributed by atoms with Crippen LogP contribution >= 0.6 is 0 Å². The predicted octanol–water partition coefficient (Wildman–Crippen LogP) is 2.63. The fourth-order valence-corrected chi connectivity index (χ4v) is 1.87. The second kappa shape index (κ2) is 5.40. The van der Waals surface area contributed by atoms with E-state index in [9.17, 15) is 4.39 Å². The molecule has 0 radical (unpaired) electrons. The summed E-state index contributed by atoms with van der Waals surface area (Å²) in [4.78, 5) is 8.43. The zero-order valence-electron chi connectivity index (χ0n) is 11.1. The van der Waals surface area contributed by atoms with Crippen LogP contribution in [-0.4, -0.2) is 24.1 Å². The monoisotopic (exact) mass is 241 g/mol. The van der Waals surface area contributed by atoms with Gasteiger partial charge in [0.15, 0.2) is 17.5 Å². The lowest BCUT2D eigenvalue weighted by Gasteiger charge is -2.29. The molecule has 0 aliphatic rings. The second-order valence-electron chi connectivity index (χ2n) is 3.95. The first kappa shape index (κ1) is 13.8. The third-order valence-corrected chi connectivity index (χ3v) is 3.19. The van der Waals surface area contributed by atoms with Crippen LogP contribution in [0.1, 0.15) is 38.2 Å². The lowest BCUT2D eigenvalue weighted by Crippen LogP contribution is -2.30. The van der Waals surface area contributed by atoms with Gasteiger partial charge in [-0.25, -0.2) is 14.4 Å². The molecular weight excluding hydrogens is 221 g/mol. The van der Waals surface area contributed by atoms with Gasteiger partial charge in [-0.15, -0.1) is 0 Å². The van der Waals surface area contributed by atoms with Gasteiger partial charge in [-0.3, -0.25) is 0 Å². The van der Waals surface area contributed by atoms with E-state index in [2.05, 4.69) is 15.3 Å². The minimum Gasteiger partial charge on any atom is -0.371 e. The van der Waals surface area contributed by atoms with Crippen molar-refractivity contribution in [3.63, 3.8) is 0 Å². The van der Waals surface area contributed by atoms with Crippen LogP contribution in [0.15, 0.2) is 0 Å². The van der Waals surface area contributed by atoms with Crippen LogP contribution in [-0.2, 0) is 10.3 Å². The number of ether oxygens (including phenoxy) is 1. The van der Waals surface area contributed by atoms with Crippen LogP contribution in [0.2, 0.25) is 0 Å². The summed E-state index contributed by atoms with van der Waals surface area (Å²) in [7, 11) is 3.27. The van der Waals surface area contributed by atoms with E-state index < -0.39 is 11.4 Å². The maximum absolute atomic E-state index is 13.7. The zero-order valence-corrected chi connectivity index (χ0v) is 11.1. The van der Waals surface area contributed by atoms with Crippen LogP contribution in [0, 0.1) is 12.7 Å². The molecule has 1 aromatic rings. The van der Waals surface area contributed by atoms with Gasteiger partial charge in [0.2, 0.25) is 0 Å². The van der Waals surface area contributed by atoms with Crippen molar-refractivity contribution in [1.82, 2.24) is 9.97 Å². The van der Waals surface area contributed by atoms with Gasteiger partial charge in [0.05, 0.1) is 5.69 Å². The number of rotatable bonds is 5. The molecular formula is C12H20FN3O. The van der Waals surface area contributed by atoms with Crippen molar-refractivity contribution >= 4 is 5.82 Å². The third-order valence-electron chi connectivity index (χ3n) is 3.19. The number of nitrogens with one attached hydrogen (secondary N) is 1. The van der Waals surface area contributed by atoms with Crippen LogP contribution in [0.3, 0.4) is 0 Å². The van der Waals surface area contributed by atoms with E-state index in [0.717, 1.165) is 12.8 Å². The Kier molecular flexibility index (Phi) is 4.40. The zero-order chi connectivity index (χ0) is 13.1. The summed E-state index contributed by atoms with van der Waals surface area (Å²) in [5.41, 5.74) is -0.202. The first-order chi connectivity index (χ1) is 8.04. The van der Waals surface area contributed by atoms with Gasteiger partial charge in [-0.05, 0) is 19.8 Å². The molecule has 0 saturated heterocycles. The van der Waals surface area contributed by atoms with Crippen molar-refractivity contribution in [2.45, 2.75) is 39.2 Å². The van der Waals surface area contributed by atoms with E-state index in [1.165, 1.54) is 0 Å². The maximum atomic E-state index is 13.7. The minimum absolute atomic E-state index is 0.218. The SMILES string of the molecule is CCC(CC)(OC)c1nc(C)c(F)c(NC)n1. The van der Waals surface area contributed by atoms with Crippen molar-refractivity contribution in [1.29, 1.82) is 0 Å². The van der Waals surface area contributed by atoms with Crippen LogP contribution in [0.5, 0.6) is 0 Å². The topological polar surface area (TPSA) is 47.0 Å². The van der Waals surface area contributed by atoms with Gasteiger partial charge >= 0.3 is 0 Å². The fraction of sp³-hybridized carbons (Fsp3) is 0.667. The number of anilines is 1. The highest BCUT2D eigenvalue weighted by Crippen LogP contribution is 2.31. The lowest BCUT2D eigenvalue weighted by molar-refractivity contribution is -0.0292. The maximum Gasteiger partial charge on any atom is 0.186 e. The summed E-state index contributed by atoms with van der Waals surface area (Å²) in [5, 5.41) is 2.74. The summed E-state index contributed by atoms with van der Waals surface area (Å²) >= 11 is 0. The Labute approximate surface area is 102 Å². The smallest absolute Gasteiger partial charge is 0.186 e. The van der Waals surface area contributed by atoms with Gasteiger partial charge in [-0.2, -0.15) is 0 Å². The van der Waals surface area contributed by atoms with Crippen LogP contribution in [0.4, 0.5) is 10.2 Å². The highest BCUT2D eigenvalue weighted by molar-refractivity contribution is 5.38. The molecule has 5 heteroatoms. The molecule has 4 nitrogen and oxygen atoms in total. The van der Waals surface area contributed by atoms with Gasteiger partial charge in [-0.1, -0.05) is 13.8 Å². The van der Waals surface area contributed by atoms with Crippen LogP contribution in [0.25, 0.3) is 0 Å². The second-order valence-corrected chi connectivity index (χ2v) is 3.95. The molecule has 1 aromatic heterocycles. The van der Waals surface area contributed by atoms with Gasteiger partial charge in [0, 0.05) is 14.2 Å². The van der Waals surface area contributed by atoms with Gasteiger partial charge in [0.1, 0.15) is 5.60 Å². The Bertz CT molecular complexity index is 383. The first-order valence-corrected chi connectivity index (χ1v) is 5.82. The Hall–Kier alpha value is -1.23. The lowest BCUT2D eigenvalue weighted by atomic mass is 9.96. The van der Waals surface area contributed by atoms with Gasteiger partial charge < -0.3 is 10.1 Å². The number of methoxy groups -OCH3 is 1. The predicted molar refractivity (Wildman–Crippen MR) is 65.5 cm³/mol. The Morgan fingerprint density at radius 1 is 1.29 bits per heavy atom. The molecule has 17 heavy (non-hydrogen) atoms. The molecule has 0 spiro atoms. The molecule has 96 valence electrons. The van der Waals surface area contributed by atoms with Crippen molar-refractivity contribution in [3.05, 3.63) is 17.3 Å². The molecule has 1 rings (SSSR count). The van der Waals surface area contributed by atoms with Crippen molar-refractivity contribution in [2.24, 2.45) is 0 Å². The molecule has 0 bridgehead atoms. The highest BCUT2D eigenvalue weighted by Gasteiger charge is 2.32. The average Bonchev–Trinajstić information content (AvgIpc) is 2.36. The summed E-state index contributed by atoms with van der Waals surface area (Å²) in [6.45, 7) is 5.65. The molecule has 0 unspecified atom stereocenters. The summed E-state index contributed by atoms with van der Waals surface area (Å²) in [6, 6.07) is 0. The first-order valence-electron chi connectivity index (χ1n) is 5.82. The Morgan fingerprint density at radius 2 is 1.88 bits per heavy atom. The van der Waals surface area contributed by atoms with Gasteiger partial charge in [0.25, 0.3) is 0 Å². The van der Waals surface area contributed by atoms with E-state index in [1.807, 2.05) is 13.8 Å². The molecule has 0 aliphatic carbocycles. The van der Waals surface area contributed by atoms with E-state index in [-0.39, 0.29) is 5.82 Å². The van der Waals surface area contributed by atoms with Crippen molar-refractivity contribution in [3.8, 4) is 0 Å². The number of aryl methyl sites for hydroxylation is 1. The minimum atomic E-state index is -0.538. The van der Waals surface area contributed by atoms with Crippen LogP contribution < -0.4 is 5.32 Å². The largest absolute Gasteiger partial charge is 0.371 e. The van der Waals surface area contributed by atoms with E-state index in [0.29, 0.717) is 11.5 Å². The molecule has 0 atom stereocenters. The van der Waals surface area contributed by atoms with E-state index >= 15 is 0 Å². The number of hydrogen-bond donors (Lipinski definition) is 1. The summed E-state index contributed by atoms with van der Waals surface area (Å²) < 4.78 is 19.2. The Morgan fingerprint density at radius 3 is 2.29 bits per heavy atom. The molecule has 1 N–H and O–H groups in total. The molecule has 0 fully saturated rings. The average molecular weight is 241 g/mol. The van der Waals surface area contributed by atoms with Crippen molar-refractivity contribution in [2.75, 3.05) is 19.5 Å². The number of hydrogen-bond acceptors (Lipinski definition) is 4. The molecule has 0 aromatic carbocycles.